The van der Waals surface area contributed by atoms with E-state index in [9.17, 15) is 4.39 Å². The predicted octanol–water partition coefficient (Wildman–Crippen LogP) is 4.40. The van der Waals surface area contributed by atoms with Crippen LogP contribution in [0.4, 0.5) is 4.39 Å². The lowest BCUT2D eigenvalue weighted by molar-refractivity contribution is 0.365. The van der Waals surface area contributed by atoms with Crippen LogP contribution in [0.2, 0.25) is 0 Å². The van der Waals surface area contributed by atoms with Crippen molar-refractivity contribution < 1.29 is 4.39 Å². The quantitative estimate of drug-likeness (QED) is 0.828. The molecule has 0 amide bonds. The molecule has 5 atom stereocenters. The second-order valence-electron chi connectivity index (χ2n) is 7.21. The van der Waals surface area contributed by atoms with Crippen LogP contribution in [0.25, 0.3) is 0 Å². The average Bonchev–Trinajstić information content (AvgIpc) is 2.84. The number of benzene rings is 1. The smallest absolute Gasteiger partial charge is 0.124 e. The third kappa shape index (κ3) is 2.46. The van der Waals surface area contributed by atoms with Crippen molar-refractivity contribution in [1.29, 1.82) is 0 Å². The first-order valence-corrected chi connectivity index (χ1v) is 9.15. The molecule has 1 N–H and O–H groups in total. The molecule has 4 rings (SSSR count). The number of fused-ring (bicyclic) bond motifs is 5. The van der Waals surface area contributed by atoms with Gasteiger partial charge in [-0.25, -0.2) is 4.39 Å². The Kier molecular flexibility index (Phi) is 3.61. The van der Waals surface area contributed by atoms with Crippen molar-refractivity contribution in [2.75, 3.05) is 6.54 Å². The fourth-order valence-corrected chi connectivity index (χ4v) is 6.03. The molecule has 1 aromatic rings. The molecule has 0 saturated heterocycles. The Bertz CT molecular complexity index is 510. The topological polar surface area (TPSA) is 12.0 Å². The zero-order chi connectivity index (χ0) is 14.6. The van der Waals surface area contributed by atoms with Gasteiger partial charge in [0.25, 0.3) is 0 Å². The van der Waals surface area contributed by atoms with Gasteiger partial charge in [0.1, 0.15) is 5.82 Å². The van der Waals surface area contributed by atoms with Crippen LogP contribution in [-0.2, 0) is 6.42 Å². The standard InChI is InChI=1S/C18H23BrFN/c1-2-21-15(7-10-5-13(19)9-14(20)6-10)18-16-11-3-4-12(8-11)17(16)18/h5-6,9,11-12,15-18,21H,2-4,7-8H2,1H3. The fourth-order valence-electron chi connectivity index (χ4n) is 5.52. The summed E-state index contributed by atoms with van der Waals surface area (Å²) < 4.78 is 14.4. The lowest BCUT2D eigenvalue weighted by atomic mass is 9.93. The van der Waals surface area contributed by atoms with Gasteiger partial charge >= 0.3 is 0 Å². The minimum absolute atomic E-state index is 0.134. The lowest BCUT2D eigenvalue weighted by Gasteiger charge is -2.22. The van der Waals surface area contributed by atoms with Crippen molar-refractivity contribution in [3.8, 4) is 0 Å². The number of nitrogens with one attached hydrogen (secondary N) is 1. The molecular formula is C18H23BrFN. The summed E-state index contributed by atoms with van der Waals surface area (Å²) in [5.74, 6) is 4.68. The van der Waals surface area contributed by atoms with E-state index in [1.165, 1.54) is 25.3 Å². The van der Waals surface area contributed by atoms with E-state index in [0.717, 1.165) is 52.6 Å². The molecule has 3 saturated carbocycles. The fraction of sp³-hybridized carbons (Fsp3) is 0.667. The highest BCUT2D eigenvalue weighted by Gasteiger charge is 2.66. The van der Waals surface area contributed by atoms with Crippen molar-refractivity contribution in [3.05, 3.63) is 34.1 Å². The van der Waals surface area contributed by atoms with Crippen LogP contribution >= 0.6 is 15.9 Å². The first kappa shape index (κ1) is 14.2. The molecule has 3 fully saturated rings. The molecule has 0 radical (unpaired) electrons. The van der Waals surface area contributed by atoms with E-state index < -0.39 is 0 Å². The van der Waals surface area contributed by atoms with Gasteiger partial charge in [0.2, 0.25) is 0 Å². The Morgan fingerprint density at radius 3 is 2.57 bits per heavy atom. The molecule has 0 spiro atoms. The summed E-state index contributed by atoms with van der Waals surface area (Å²) in [5, 5.41) is 3.69. The van der Waals surface area contributed by atoms with E-state index >= 15 is 0 Å². The summed E-state index contributed by atoms with van der Waals surface area (Å²) >= 11 is 3.41. The third-order valence-corrected chi connectivity index (χ3v) is 6.56. The Hall–Kier alpha value is -0.410. The van der Waals surface area contributed by atoms with E-state index in [-0.39, 0.29) is 5.82 Å². The van der Waals surface area contributed by atoms with Crippen LogP contribution in [0.15, 0.2) is 22.7 Å². The van der Waals surface area contributed by atoms with Crippen LogP contribution < -0.4 is 5.32 Å². The number of likely N-dealkylation sites (N-methyl/N-ethyl adjacent to an activating group) is 1. The Balaban J connectivity index is 1.50. The van der Waals surface area contributed by atoms with E-state index in [0.29, 0.717) is 6.04 Å². The number of rotatable bonds is 5. The van der Waals surface area contributed by atoms with Crippen LogP contribution in [0, 0.1) is 35.4 Å². The highest BCUT2D eigenvalue weighted by Crippen LogP contribution is 2.70. The van der Waals surface area contributed by atoms with Gasteiger partial charge in [-0.2, -0.15) is 0 Å². The second-order valence-corrected chi connectivity index (χ2v) is 8.13. The second kappa shape index (κ2) is 5.34. The van der Waals surface area contributed by atoms with E-state index in [1.54, 1.807) is 6.07 Å². The Morgan fingerprint density at radius 2 is 1.95 bits per heavy atom. The first-order valence-electron chi connectivity index (χ1n) is 8.35. The molecule has 21 heavy (non-hydrogen) atoms. The number of hydrogen-bond acceptors (Lipinski definition) is 1. The molecule has 3 aliphatic rings. The third-order valence-electron chi connectivity index (χ3n) is 6.10. The SMILES string of the molecule is CCNC(Cc1cc(F)cc(Br)c1)C1C2C3CCC(C3)C21. The number of hydrogen-bond donors (Lipinski definition) is 1. The lowest BCUT2D eigenvalue weighted by Crippen LogP contribution is -2.35. The molecule has 3 heteroatoms. The first-order chi connectivity index (χ1) is 10.2. The highest BCUT2D eigenvalue weighted by molar-refractivity contribution is 9.10. The minimum atomic E-state index is -0.134. The molecule has 5 unspecified atom stereocenters. The summed E-state index contributed by atoms with van der Waals surface area (Å²) in [6.45, 7) is 3.19. The molecule has 2 bridgehead atoms. The summed E-state index contributed by atoms with van der Waals surface area (Å²) in [5.41, 5.74) is 1.12. The molecular weight excluding hydrogens is 329 g/mol. The van der Waals surface area contributed by atoms with Crippen LogP contribution in [0.3, 0.4) is 0 Å². The molecule has 1 nitrogen and oxygen atoms in total. The molecule has 1 aromatic carbocycles. The largest absolute Gasteiger partial charge is 0.314 e. The molecule has 0 heterocycles. The van der Waals surface area contributed by atoms with Gasteiger partial charge in [0.15, 0.2) is 0 Å². The van der Waals surface area contributed by atoms with Gasteiger partial charge in [0, 0.05) is 10.5 Å². The van der Waals surface area contributed by atoms with Crippen molar-refractivity contribution in [3.63, 3.8) is 0 Å². The van der Waals surface area contributed by atoms with Crippen molar-refractivity contribution in [1.82, 2.24) is 5.32 Å². The molecule has 3 aliphatic carbocycles. The molecule has 0 aliphatic heterocycles. The normalized spacial score (nSPS) is 37.6. The van der Waals surface area contributed by atoms with Gasteiger partial charge in [-0.15, -0.1) is 0 Å². The molecule has 114 valence electrons. The van der Waals surface area contributed by atoms with Gasteiger partial charge in [-0.3, -0.25) is 0 Å². The Labute approximate surface area is 134 Å². The average molecular weight is 352 g/mol. The highest BCUT2D eigenvalue weighted by atomic mass is 79.9. The van der Waals surface area contributed by atoms with Crippen LogP contribution in [-0.4, -0.2) is 12.6 Å². The minimum Gasteiger partial charge on any atom is -0.314 e. The van der Waals surface area contributed by atoms with Gasteiger partial charge in [-0.05, 0) is 85.6 Å². The predicted molar refractivity (Wildman–Crippen MR) is 86.6 cm³/mol. The van der Waals surface area contributed by atoms with Gasteiger partial charge in [0.05, 0.1) is 0 Å². The van der Waals surface area contributed by atoms with E-state index in [4.69, 9.17) is 0 Å². The Morgan fingerprint density at radius 1 is 1.24 bits per heavy atom. The zero-order valence-electron chi connectivity index (χ0n) is 12.5. The van der Waals surface area contributed by atoms with Crippen molar-refractivity contribution >= 4 is 15.9 Å². The van der Waals surface area contributed by atoms with E-state index in [1.807, 2.05) is 0 Å². The van der Waals surface area contributed by atoms with Gasteiger partial charge in [-0.1, -0.05) is 22.9 Å². The van der Waals surface area contributed by atoms with Crippen molar-refractivity contribution in [2.45, 2.75) is 38.6 Å². The maximum absolute atomic E-state index is 13.6. The van der Waals surface area contributed by atoms with Crippen LogP contribution in [0.1, 0.15) is 31.7 Å². The van der Waals surface area contributed by atoms with E-state index in [2.05, 4.69) is 34.2 Å². The summed E-state index contributed by atoms with van der Waals surface area (Å²) in [6, 6.07) is 5.84. The van der Waals surface area contributed by atoms with Crippen molar-refractivity contribution in [2.24, 2.45) is 29.6 Å². The van der Waals surface area contributed by atoms with Crippen LogP contribution in [0.5, 0.6) is 0 Å². The zero-order valence-corrected chi connectivity index (χ0v) is 14.1. The maximum atomic E-state index is 13.6. The monoisotopic (exact) mass is 351 g/mol. The molecule has 0 aromatic heterocycles. The summed E-state index contributed by atoms with van der Waals surface area (Å²) in [7, 11) is 0. The number of halogens is 2. The summed E-state index contributed by atoms with van der Waals surface area (Å²) in [6.07, 6.45) is 5.39. The maximum Gasteiger partial charge on any atom is 0.124 e. The van der Waals surface area contributed by atoms with Gasteiger partial charge < -0.3 is 5.32 Å². The summed E-state index contributed by atoms with van der Waals surface area (Å²) in [4.78, 5) is 0.